The SMILES string of the molecule is O=C(Cc1cccc(F)c1)NC(c1ccccc1)c1cccs1. The number of amides is 1. The molecule has 0 spiro atoms. The highest BCUT2D eigenvalue weighted by Gasteiger charge is 2.17. The van der Waals surface area contributed by atoms with Crippen LogP contribution in [0.1, 0.15) is 22.0 Å². The van der Waals surface area contributed by atoms with E-state index < -0.39 is 0 Å². The molecule has 0 aliphatic carbocycles. The zero-order valence-electron chi connectivity index (χ0n) is 12.4. The summed E-state index contributed by atoms with van der Waals surface area (Å²) in [4.78, 5) is 13.4. The van der Waals surface area contributed by atoms with Crippen LogP contribution in [0.15, 0.2) is 72.1 Å². The monoisotopic (exact) mass is 325 g/mol. The van der Waals surface area contributed by atoms with Crippen LogP contribution in [0, 0.1) is 5.82 Å². The molecule has 3 rings (SSSR count). The van der Waals surface area contributed by atoms with E-state index in [1.807, 2.05) is 47.8 Å². The first-order valence-corrected chi connectivity index (χ1v) is 8.22. The minimum Gasteiger partial charge on any atom is -0.344 e. The molecule has 116 valence electrons. The second-order valence-electron chi connectivity index (χ2n) is 5.23. The normalized spacial score (nSPS) is 11.9. The van der Waals surface area contributed by atoms with Crippen molar-refractivity contribution in [3.63, 3.8) is 0 Å². The van der Waals surface area contributed by atoms with Gasteiger partial charge in [-0.2, -0.15) is 0 Å². The molecule has 0 aliphatic rings. The van der Waals surface area contributed by atoms with Crippen LogP contribution in [-0.2, 0) is 11.2 Å². The molecule has 0 fully saturated rings. The van der Waals surface area contributed by atoms with Crippen molar-refractivity contribution < 1.29 is 9.18 Å². The van der Waals surface area contributed by atoms with Gasteiger partial charge in [-0.3, -0.25) is 4.79 Å². The number of nitrogens with one attached hydrogen (secondary N) is 1. The van der Waals surface area contributed by atoms with E-state index in [2.05, 4.69) is 5.32 Å². The van der Waals surface area contributed by atoms with Crippen LogP contribution in [0.2, 0.25) is 0 Å². The largest absolute Gasteiger partial charge is 0.344 e. The molecule has 1 aromatic heterocycles. The summed E-state index contributed by atoms with van der Waals surface area (Å²) < 4.78 is 13.2. The van der Waals surface area contributed by atoms with Crippen molar-refractivity contribution in [3.05, 3.63) is 93.9 Å². The fraction of sp³-hybridized carbons (Fsp3) is 0.105. The average molecular weight is 325 g/mol. The number of hydrogen-bond donors (Lipinski definition) is 1. The highest BCUT2D eigenvalue weighted by molar-refractivity contribution is 7.10. The van der Waals surface area contributed by atoms with Gasteiger partial charge in [0.1, 0.15) is 5.82 Å². The molecule has 3 aromatic rings. The quantitative estimate of drug-likeness (QED) is 0.743. The summed E-state index contributed by atoms with van der Waals surface area (Å²) in [6.45, 7) is 0. The third kappa shape index (κ3) is 4.05. The van der Waals surface area contributed by atoms with E-state index >= 15 is 0 Å². The molecular weight excluding hydrogens is 309 g/mol. The predicted octanol–water partition coefficient (Wildman–Crippen LogP) is 4.34. The number of carbonyl (C=O) groups is 1. The lowest BCUT2D eigenvalue weighted by Gasteiger charge is -2.18. The zero-order chi connectivity index (χ0) is 16.1. The van der Waals surface area contributed by atoms with Crippen LogP contribution >= 0.6 is 11.3 Å². The average Bonchev–Trinajstić information content (AvgIpc) is 3.07. The number of halogens is 1. The first-order chi connectivity index (χ1) is 11.2. The van der Waals surface area contributed by atoms with Crippen molar-refractivity contribution in [2.45, 2.75) is 12.5 Å². The van der Waals surface area contributed by atoms with Gasteiger partial charge in [0.2, 0.25) is 5.91 Å². The van der Waals surface area contributed by atoms with Gasteiger partial charge >= 0.3 is 0 Å². The Bertz CT molecular complexity index is 771. The van der Waals surface area contributed by atoms with Crippen LogP contribution in [0.4, 0.5) is 4.39 Å². The van der Waals surface area contributed by atoms with Crippen molar-refractivity contribution in [1.82, 2.24) is 5.32 Å². The summed E-state index contributed by atoms with van der Waals surface area (Å²) in [5.41, 5.74) is 1.70. The van der Waals surface area contributed by atoms with Crippen LogP contribution in [0.5, 0.6) is 0 Å². The summed E-state index contributed by atoms with van der Waals surface area (Å²) in [5.74, 6) is -0.453. The molecule has 1 unspecified atom stereocenters. The minimum atomic E-state index is -0.326. The Kier molecular flexibility index (Phi) is 4.83. The molecule has 0 radical (unpaired) electrons. The molecular formula is C19H16FNOS. The minimum absolute atomic E-state index is 0.127. The van der Waals surface area contributed by atoms with Gasteiger partial charge in [-0.05, 0) is 34.7 Å². The lowest BCUT2D eigenvalue weighted by molar-refractivity contribution is -0.120. The van der Waals surface area contributed by atoms with Gasteiger partial charge in [-0.15, -0.1) is 11.3 Å². The van der Waals surface area contributed by atoms with Crippen molar-refractivity contribution in [2.75, 3.05) is 0 Å². The van der Waals surface area contributed by atoms with Crippen molar-refractivity contribution in [1.29, 1.82) is 0 Å². The van der Waals surface area contributed by atoms with E-state index in [1.54, 1.807) is 23.5 Å². The summed E-state index contributed by atoms with van der Waals surface area (Å²) >= 11 is 1.60. The number of hydrogen-bond acceptors (Lipinski definition) is 2. The summed E-state index contributed by atoms with van der Waals surface area (Å²) in [6.07, 6.45) is 0.159. The molecule has 2 aromatic carbocycles. The van der Waals surface area contributed by atoms with Gasteiger partial charge in [-0.25, -0.2) is 4.39 Å². The second-order valence-corrected chi connectivity index (χ2v) is 6.21. The van der Waals surface area contributed by atoms with Gasteiger partial charge in [0, 0.05) is 4.88 Å². The molecule has 0 aliphatic heterocycles. The van der Waals surface area contributed by atoms with E-state index in [4.69, 9.17) is 0 Å². The summed E-state index contributed by atoms with van der Waals surface area (Å²) in [7, 11) is 0. The fourth-order valence-corrected chi connectivity index (χ4v) is 3.27. The number of benzene rings is 2. The Morgan fingerprint density at radius 2 is 1.87 bits per heavy atom. The number of thiophene rings is 1. The summed E-state index contributed by atoms with van der Waals surface area (Å²) in [5, 5.41) is 5.04. The third-order valence-electron chi connectivity index (χ3n) is 3.52. The topological polar surface area (TPSA) is 29.1 Å². The van der Waals surface area contributed by atoms with Crippen molar-refractivity contribution in [3.8, 4) is 0 Å². The Balaban J connectivity index is 1.77. The number of rotatable bonds is 5. The zero-order valence-corrected chi connectivity index (χ0v) is 13.2. The lowest BCUT2D eigenvalue weighted by atomic mass is 10.0. The fourth-order valence-electron chi connectivity index (χ4n) is 2.46. The Hall–Kier alpha value is -2.46. The van der Waals surface area contributed by atoms with Crippen LogP contribution in [-0.4, -0.2) is 5.91 Å². The summed E-state index contributed by atoms with van der Waals surface area (Å²) in [6, 6.07) is 19.8. The van der Waals surface area contributed by atoms with Crippen LogP contribution in [0.3, 0.4) is 0 Å². The van der Waals surface area contributed by atoms with E-state index in [9.17, 15) is 9.18 Å². The molecule has 0 saturated carbocycles. The highest BCUT2D eigenvalue weighted by Crippen LogP contribution is 2.26. The van der Waals surface area contributed by atoms with Gasteiger partial charge in [0.15, 0.2) is 0 Å². The molecule has 0 bridgehead atoms. The molecule has 0 saturated heterocycles. The molecule has 1 N–H and O–H groups in total. The van der Waals surface area contributed by atoms with E-state index in [-0.39, 0.29) is 24.2 Å². The van der Waals surface area contributed by atoms with Gasteiger partial charge in [-0.1, -0.05) is 48.5 Å². The van der Waals surface area contributed by atoms with E-state index in [0.717, 1.165) is 10.4 Å². The standard InChI is InChI=1S/C19H16FNOS/c20-16-9-4-6-14(12-16)13-18(22)21-19(17-10-5-11-23-17)15-7-2-1-3-8-15/h1-12,19H,13H2,(H,21,22). The maximum absolute atomic E-state index is 13.2. The van der Waals surface area contributed by atoms with E-state index in [0.29, 0.717) is 5.56 Å². The van der Waals surface area contributed by atoms with Gasteiger partial charge in [0.05, 0.1) is 12.5 Å². The maximum atomic E-state index is 13.2. The maximum Gasteiger partial charge on any atom is 0.225 e. The van der Waals surface area contributed by atoms with Crippen molar-refractivity contribution >= 4 is 17.2 Å². The Morgan fingerprint density at radius 1 is 1.04 bits per heavy atom. The third-order valence-corrected chi connectivity index (χ3v) is 4.46. The second kappa shape index (κ2) is 7.20. The highest BCUT2D eigenvalue weighted by atomic mass is 32.1. The first kappa shape index (κ1) is 15.4. The Labute approximate surface area is 138 Å². The molecule has 1 heterocycles. The van der Waals surface area contributed by atoms with Gasteiger partial charge in [0.25, 0.3) is 0 Å². The van der Waals surface area contributed by atoms with Crippen LogP contribution < -0.4 is 5.32 Å². The first-order valence-electron chi connectivity index (χ1n) is 7.34. The lowest BCUT2D eigenvalue weighted by Crippen LogP contribution is -2.30. The van der Waals surface area contributed by atoms with Gasteiger partial charge < -0.3 is 5.32 Å². The number of carbonyl (C=O) groups excluding carboxylic acids is 1. The molecule has 23 heavy (non-hydrogen) atoms. The molecule has 2 nitrogen and oxygen atoms in total. The molecule has 1 amide bonds. The predicted molar refractivity (Wildman–Crippen MR) is 90.9 cm³/mol. The Morgan fingerprint density at radius 3 is 2.57 bits per heavy atom. The molecule has 1 atom stereocenters. The van der Waals surface area contributed by atoms with Crippen LogP contribution in [0.25, 0.3) is 0 Å². The van der Waals surface area contributed by atoms with Crippen molar-refractivity contribution in [2.24, 2.45) is 0 Å². The smallest absolute Gasteiger partial charge is 0.225 e. The molecule has 4 heteroatoms. The van der Waals surface area contributed by atoms with E-state index in [1.165, 1.54) is 12.1 Å².